The van der Waals surface area contributed by atoms with E-state index in [9.17, 15) is 18.0 Å². The molecule has 1 unspecified atom stereocenters. The molecule has 7 nitrogen and oxygen atoms in total. The number of nitrogens with one attached hydrogen (secondary N) is 1. The highest BCUT2D eigenvalue weighted by Crippen LogP contribution is 2.32. The van der Waals surface area contributed by atoms with Gasteiger partial charge in [-0.3, -0.25) is 9.10 Å². The predicted octanol–water partition coefficient (Wildman–Crippen LogP) is 5.32. The SMILES string of the molecule is CC(OC(=O)c1ccc(S(=O)(=O)N2CCCc3ccccc32)cc1)C(=O)Nc1cc(Cl)cc(Cl)c1. The van der Waals surface area contributed by atoms with Gasteiger partial charge in [0.15, 0.2) is 6.10 Å². The fourth-order valence-corrected chi connectivity index (χ4v) is 5.86. The van der Waals surface area contributed by atoms with E-state index < -0.39 is 28.0 Å². The number of anilines is 2. The number of sulfonamides is 1. The summed E-state index contributed by atoms with van der Waals surface area (Å²) in [6, 6.07) is 17.4. The number of aryl methyl sites for hydroxylation is 1. The van der Waals surface area contributed by atoms with Crippen LogP contribution in [0.25, 0.3) is 0 Å². The van der Waals surface area contributed by atoms with E-state index in [0.29, 0.717) is 28.0 Å². The van der Waals surface area contributed by atoms with Gasteiger partial charge in [0.2, 0.25) is 0 Å². The molecule has 0 aliphatic carbocycles. The third-order valence-electron chi connectivity index (χ3n) is 5.53. The maximum absolute atomic E-state index is 13.3. The number of ether oxygens (including phenoxy) is 1. The number of para-hydroxylation sites is 1. The normalized spacial score (nSPS) is 14.1. The van der Waals surface area contributed by atoms with Crippen molar-refractivity contribution in [3.8, 4) is 0 Å². The van der Waals surface area contributed by atoms with E-state index >= 15 is 0 Å². The molecule has 1 aliphatic rings. The first-order valence-corrected chi connectivity index (χ1v) is 13.0. The molecular formula is C25H22Cl2N2O5S. The van der Waals surface area contributed by atoms with Crippen LogP contribution in [-0.4, -0.2) is 32.9 Å². The molecule has 1 heterocycles. The second-order valence-corrected chi connectivity index (χ2v) is 10.8. The van der Waals surface area contributed by atoms with Gasteiger partial charge in [-0.15, -0.1) is 0 Å². The van der Waals surface area contributed by atoms with E-state index in [1.165, 1.54) is 53.7 Å². The molecule has 1 amide bonds. The largest absolute Gasteiger partial charge is 0.449 e. The molecule has 3 aromatic rings. The number of esters is 1. The molecule has 1 N–H and O–H groups in total. The quantitative estimate of drug-likeness (QED) is 0.433. The minimum absolute atomic E-state index is 0.0642. The third kappa shape index (κ3) is 5.61. The van der Waals surface area contributed by atoms with Crippen LogP contribution in [0.4, 0.5) is 11.4 Å². The number of hydrogen-bond donors (Lipinski definition) is 1. The van der Waals surface area contributed by atoms with Crippen molar-refractivity contribution in [1.82, 2.24) is 0 Å². The lowest BCUT2D eigenvalue weighted by Crippen LogP contribution is -2.35. The third-order valence-corrected chi connectivity index (χ3v) is 7.79. The topological polar surface area (TPSA) is 92.8 Å². The molecule has 1 aliphatic heterocycles. The Morgan fingerprint density at radius 1 is 1.00 bits per heavy atom. The molecule has 10 heteroatoms. The molecule has 4 rings (SSSR count). The molecule has 0 spiro atoms. The average molecular weight is 533 g/mol. The van der Waals surface area contributed by atoms with E-state index in [1.807, 2.05) is 18.2 Å². The number of carbonyl (C=O) groups excluding carboxylic acids is 2. The van der Waals surface area contributed by atoms with Gasteiger partial charge in [0, 0.05) is 22.3 Å². The van der Waals surface area contributed by atoms with Crippen LogP contribution in [0.3, 0.4) is 0 Å². The number of carbonyl (C=O) groups is 2. The molecule has 0 bridgehead atoms. The fourth-order valence-electron chi connectivity index (χ4n) is 3.79. The molecule has 0 radical (unpaired) electrons. The van der Waals surface area contributed by atoms with Crippen LogP contribution in [0, 0.1) is 0 Å². The Bertz CT molecular complexity index is 1360. The number of hydrogen-bond acceptors (Lipinski definition) is 5. The summed E-state index contributed by atoms with van der Waals surface area (Å²) >= 11 is 11.9. The number of rotatable bonds is 6. The summed E-state index contributed by atoms with van der Waals surface area (Å²) in [6.45, 7) is 1.81. The average Bonchev–Trinajstić information content (AvgIpc) is 2.83. The first kappa shape index (κ1) is 25.0. The Labute approximate surface area is 213 Å². The molecule has 0 saturated carbocycles. The van der Waals surface area contributed by atoms with Gasteiger partial charge in [0.1, 0.15) is 0 Å². The van der Waals surface area contributed by atoms with Gasteiger partial charge in [-0.25, -0.2) is 13.2 Å². The minimum atomic E-state index is -3.80. The van der Waals surface area contributed by atoms with Gasteiger partial charge in [-0.05, 0) is 73.9 Å². The number of halogens is 2. The summed E-state index contributed by atoms with van der Waals surface area (Å²) in [6.07, 6.45) is 0.430. The number of amides is 1. The molecular weight excluding hydrogens is 511 g/mol. The molecule has 0 saturated heterocycles. The standard InChI is InChI=1S/C25H22Cl2N2O5S/c1-16(24(30)28-21-14-19(26)13-20(27)15-21)34-25(31)18-8-10-22(11-9-18)35(32,33)29-12-4-6-17-5-2-3-7-23(17)29/h2-3,5,7-11,13-16H,4,6,12H2,1H3,(H,28,30). The summed E-state index contributed by atoms with van der Waals surface area (Å²) < 4.78 is 33.2. The van der Waals surface area contributed by atoms with Crippen molar-refractivity contribution < 1.29 is 22.7 Å². The van der Waals surface area contributed by atoms with Gasteiger partial charge in [0.25, 0.3) is 15.9 Å². The van der Waals surface area contributed by atoms with Crippen LogP contribution < -0.4 is 9.62 Å². The van der Waals surface area contributed by atoms with Crippen LogP contribution in [0.1, 0.15) is 29.3 Å². The van der Waals surface area contributed by atoms with Crippen molar-refractivity contribution in [1.29, 1.82) is 0 Å². The van der Waals surface area contributed by atoms with Crippen LogP contribution in [-0.2, 0) is 26.0 Å². The van der Waals surface area contributed by atoms with Crippen molar-refractivity contribution in [3.63, 3.8) is 0 Å². The van der Waals surface area contributed by atoms with Crippen molar-refractivity contribution in [2.24, 2.45) is 0 Å². The first-order chi connectivity index (χ1) is 16.6. The fraction of sp³-hybridized carbons (Fsp3) is 0.200. The lowest BCUT2D eigenvalue weighted by atomic mass is 10.0. The van der Waals surface area contributed by atoms with Crippen LogP contribution in [0.2, 0.25) is 10.0 Å². The first-order valence-electron chi connectivity index (χ1n) is 10.8. The van der Waals surface area contributed by atoms with Gasteiger partial charge in [-0.1, -0.05) is 41.4 Å². The predicted molar refractivity (Wildman–Crippen MR) is 136 cm³/mol. The van der Waals surface area contributed by atoms with Crippen molar-refractivity contribution in [2.45, 2.75) is 30.8 Å². The maximum atomic E-state index is 13.3. The van der Waals surface area contributed by atoms with E-state index in [4.69, 9.17) is 27.9 Å². The van der Waals surface area contributed by atoms with Crippen LogP contribution in [0.5, 0.6) is 0 Å². The Hall–Kier alpha value is -3.07. The Morgan fingerprint density at radius 3 is 2.34 bits per heavy atom. The van der Waals surface area contributed by atoms with Crippen molar-refractivity contribution in [3.05, 3.63) is 87.9 Å². The monoisotopic (exact) mass is 532 g/mol. The number of nitrogens with zero attached hydrogens (tertiary/aromatic N) is 1. The second-order valence-electron chi connectivity index (χ2n) is 8.03. The zero-order valence-corrected chi connectivity index (χ0v) is 21.0. The van der Waals surface area contributed by atoms with Gasteiger partial charge in [-0.2, -0.15) is 0 Å². The Kier molecular flexibility index (Phi) is 7.35. The van der Waals surface area contributed by atoms with E-state index in [0.717, 1.165) is 18.4 Å². The molecule has 3 aromatic carbocycles. The highest BCUT2D eigenvalue weighted by atomic mass is 35.5. The summed E-state index contributed by atoms with van der Waals surface area (Å²) in [4.78, 5) is 25.0. The van der Waals surface area contributed by atoms with Crippen molar-refractivity contribution in [2.75, 3.05) is 16.2 Å². The smallest absolute Gasteiger partial charge is 0.338 e. The van der Waals surface area contributed by atoms with Gasteiger partial charge >= 0.3 is 5.97 Å². The van der Waals surface area contributed by atoms with E-state index in [2.05, 4.69) is 5.32 Å². The number of benzene rings is 3. The highest BCUT2D eigenvalue weighted by Gasteiger charge is 2.29. The van der Waals surface area contributed by atoms with Gasteiger partial charge in [0.05, 0.1) is 16.1 Å². The summed E-state index contributed by atoms with van der Waals surface area (Å²) in [5.74, 6) is -1.33. The number of fused-ring (bicyclic) bond motifs is 1. The van der Waals surface area contributed by atoms with E-state index in [-0.39, 0.29) is 10.5 Å². The molecule has 0 aromatic heterocycles. The molecule has 1 atom stereocenters. The Morgan fingerprint density at radius 2 is 1.66 bits per heavy atom. The Balaban J connectivity index is 1.44. The summed E-state index contributed by atoms with van der Waals surface area (Å²) in [5, 5.41) is 3.28. The molecule has 35 heavy (non-hydrogen) atoms. The summed E-state index contributed by atoms with van der Waals surface area (Å²) in [5.41, 5.74) is 2.13. The lowest BCUT2D eigenvalue weighted by molar-refractivity contribution is -0.123. The maximum Gasteiger partial charge on any atom is 0.338 e. The van der Waals surface area contributed by atoms with Crippen molar-refractivity contribution >= 4 is 56.5 Å². The summed E-state index contributed by atoms with van der Waals surface area (Å²) in [7, 11) is -3.80. The zero-order valence-electron chi connectivity index (χ0n) is 18.7. The second kappa shape index (κ2) is 10.3. The van der Waals surface area contributed by atoms with Gasteiger partial charge < -0.3 is 10.1 Å². The van der Waals surface area contributed by atoms with Crippen LogP contribution in [0.15, 0.2) is 71.6 Å². The zero-order chi connectivity index (χ0) is 25.2. The lowest BCUT2D eigenvalue weighted by Gasteiger charge is -2.30. The van der Waals surface area contributed by atoms with E-state index in [1.54, 1.807) is 6.07 Å². The molecule has 0 fully saturated rings. The molecule has 182 valence electrons. The van der Waals surface area contributed by atoms with Crippen LogP contribution >= 0.6 is 23.2 Å². The highest BCUT2D eigenvalue weighted by molar-refractivity contribution is 7.92. The minimum Gasteiger partial charge on any atom is -0.449 e.